The van der Waals surface area contributed by atoms with Crippen LogP contribution in [0.25, 0.3) is 16.5 Å². The summed E-state index contributed by atoms with van der Waals surface area (Å²) in [6, 6.07) is 4.84. The number of fused-ring (bicyclic) bond motifs is 5. The molecule has 0 spiro atoms. The van der Waals surface area contributed by atoms with Gasteiger partial charge >= 0.3 is 0 Å². The molecule has 3 saturated heterocycles. The van der Waals surface area contributed by atoms with Crippen LogP contribution in [-0.4, -0.2) is 112 Å². The Hall–Kier alpha value is -3.30. The third-order valence-electron chi connectivity index (χ3n) is 9.55. The van der Waals surface area contributed by atoms with Gasteiger partial charge in [-0.15, -0.1) is 0 Å². The predicted molar refractivity (Wildman–Crippen MR) is 165 cm³/mol. The largest absolute Gasteiger partial charge is 0.361 e. The molecule has 5 heterocycles. The Bertz CT molecular complexity index is 1700. The SMILES string of the molecule is CC(C)C[C@H]1C(=O)N2CCC[C@H]2[C@]2(O)O[C@@](C)(NC(=O)[C@@H]3C=C4c5cccc6[nH]cc(c56)C[C@H]4N(C)C3)C(=O)N12.CS(=O)(=O)O. The van der Waals surface area contributed by atoms with Crippen LogP contribution in [0.5, 0.6) is 0 Å². The van der Waals surface area contributed by atoms with Crippen LogP contribution in [0.1, 0.15) is 51.2 Å². The number of ether oxygens (including phenoxy) is 1. The Balaban J connectivity index is 0.000000664. The van der Waals surface area contributed by atoms with Gasteiger partial charge in [-0.25, -0.2) is 0 Å². The summed E-state index contributed by atoms with van der Waals surface area (Å²) in [7, 11) is -1.64. The van der Waals surface area contributed by atoms with Gasteiger partial charge in [0.1, 0.15) is 12.1 Å². The fourth-order valence-corrected chi connectivity index (χ4v) is 7.76. The van der Waals surface area contributed by atoms with Gasteiger partial charge in [-0.05, 0) is 68.3 Å². The monoisotopic (exact) mass is 643 g/mol. The number of aromatic amines is 1. The van der Waals surface area contributed by atoms with Crippen molar-refractivity contribution in [2.45, 2.75) is 76.2 Å². The Morgan fingerprint density at radius 2 is 1.98 bits per heavy atom. The molecule has 1 aliphatic carbocycles. The van der Waals surface area contributed by atoms with Crippen LogP contribution in [0.4, 0.5) is 0 Å². The van der Waals surface area contributed by atoms with E-state index in [-0.39, 0.29) is 23.8 Å². The first-order valence-electron chi connectivity index (χ1n) is 15.3. The minimum atomic E-state index is -3.67. The summed E-state index contributed by atoms with van der Waals surface area (Å²) in [4.78, 5) is 49.7. The number of rotatable bonds is 4. The molecule has 4 N–H and O–H groups in total. The van der Waals surface area contributed by atoms with Crippen LogP contribution in [0.3, 0.4) is 0 Å². The zero-order valence-electron chi connectivity index (χ0n) is 26.1. The van der Waals surface area contributed by atoms with E-state index in [9.17, 15) is 27.9 Å². The fraction of sp³-hybridized carbons (Fsp3) is 0.581. The molecule has 5 aliphatic rings. The first-order valence-corrected chi connectivity index (χ1v) is 17.2. The molecular weight excluding hydrogens is 602 g/mol. The predicted octanol–water partition coefficient (Wildman–Crippen LogP) is 1.30. The Labute approximate surface area is 262 Å². The summed E-state index contributed by atoms with van der Waals surface area (Å²) in [5.74, 6) is -3.48. The highest BCUT2D eigenvalue weighted by Gasteiger charge is 2.70. The van der Waals surface area contributed by atoms with Gasteiger partial charge in [-0.1, -0.05) is 32.1 Å². The van der Waals surface area contributed by atoms with Crippen molar-refractivity contribution in [3.63, 3.8) is 0 Å². The number of amides is 3. The second-order valence-electron chi connectivity index (χ2n) is 13.5. The molecule has 6 atom stereocenters. The maximum atomic E-state index is 14.0. The molecular formula is C31H41N5O8S. The van der Waals surface area contributed by atoms with Crippen molar-refractivity contribution in [2.24, 2.45) is 11.8 Å². The smallest absolute Gasteiger partial charge is 0.280 e. The molecule has 14 heteroatoms. The number of carbonyl (C=O) groups excluding carboxylic acids is 3. The summed E-state index contributed by atoms with van der Waals surface area (Å²) in [5.41, 5.74) is 2.78. The highest BCUT2D eigenvalue weighted by molar-refractivity contribution is 7.85. The lowest BCUT2D eigenvalue weighted by Crippen LogP contribution is -2.71. The fourth-order valence-electron chi connectivity index (χ4n) is 7.76. The van der Waals surface area contributed by atoms with Crippen LogP contribution < -0.4 is 5.32 Å². The molecule has 3 amide bonds. The summed E-state index contributed by atoms with van der Waals surface area (Å²) < 4.78 is 32.0. The molecule has 0 unspecified atom stereocenters. The minimum absolute atomic E-state index is 0.115. The van der Waals surface area contributed by atoms with Crippen molar-refractivity contribution in [3.8, 4) is 0 Å². The number of piperazine rings is 1. The van der Waals surface area contributed by atoms with Gasteiger partial charge in [-0.2, -0.15) is 8.42 Å². The number of carbonyl (C=O) groups is 3. The third-order valence-corrected chi connectivity index (χ3v) is 9.55. The number of hydrogen-bond acceptors (Lipinski definition) is 8. The van der Waals surface area contributed by atoms with Crippen molar-refractivity contribution in [1.82, 2.24) is 25.0 Å². The Kier molecular flexibility index (Phi) is 7.67. The van der Waals surface area contributed by atoms with E-state index in [4.69, 9.17) is 9.29 Å². The average molecular weight is 644 g/mol. The van der Waals surface area contributed by atoms with Crippen molar-refractivity contribution in [2.75, 3.05) is 26.4 Å². The van der Waals surface area contributed by atoms with Crippen LogP contribution in [0.15, 0.2) is 30.5 Å². The van der Waals surface area contributed by atoms with Crippen LogP contribution >= 0.6 is 0 Å². The molecule has 1 aromatic heterocycles. The number of likely N-dealkylation sites (N-methyl/N-ethyl adjacent to an activating group) is 1. The Morgan fingerprint density at radius 3 is 2.67 bits per heavy atom. The van der Waals surface area contributed by atoms with E-state index in [0.717, 1.165) is 29.5 Å². The van der Waals surface area contributed by atoms with Crippen molar-refractivity contribution >= 4 is 44.3 Å². The average Bonchev–Trinajstić information content (AvgIpc) is 3.64. The van der Waals surface area contributed by atoms with E-state index in [1.807, 2.05) is 33.0 Å². The van der Waals surface area contributed by atoms with Crippen molar-refractivity contribution in [1.29, 1.82) is 0 Å². The number of aliphatic hydroxyl groups is 1. The van der Waals surface area contributed by atoms with E-state index in [0.29, 0.717) is 32.2 Å². The molecule has 2 aromatic rings. The van der Waals surface area contributed by atoms with E-state index in [2.05, 4.69) is 33.5 Å². The summed E-state index contributed by atoms with van der Waals surface area (Å²) in [5, 5.41) is 15.9. The number of hydrogen-bond donors (Lipinski definition) is 4. The van der Waals surface area contributed by atoms with Crippen molar-refractivity contribution < 1.29 is 37.2 Å². The molecule has 7 rings (SSSR count). The van der Waals surface area contributed by atoms with Crippen LogP contribution in [-0.2, 0) is 35.7 Å². The van der Waals surface area contributed by atoms with Gasteiger partial charge in [-0.3, -0.25) is 33.5 Å². The van der Waals surface area contributed by atoms with E-state index >= 15 is 0 Å². The molecule has 0 bridgehead atoms. The number of nitrogens with one attached hydrogen (secondary N) is 2. The van der Waals surface area contributed by atoms with Gasteiger partial charge in [0, 0.05) is 36.2 Å². The van der Waals surface area contributed by atoms with E-state index in [1.165, 1.54) is 22.8 Å². The molecule has 4 aliphatic heterocycles. The van der Waals surface area contributed by atoms with Gasteiger partial charge in [0.05, 0.1) is 12.2 Å². The van der Waals surface area contributed by atoms with Crippen LogP contribution in [0, 0.1) is 11.8 Å². The third kappa shape index (κ3) is 5.35. The maximum absolute atomic E-state index is 14.0. The van der Waals surface area contributed by atoms with Gasteiger partial charge in [0.25, 0.3) is 21.9 Å². The standard InChI is InChI=1S/C30H37N5O5.CH4O3S/c1-16(2)11-23-27(37)34-10-6-9-24(34)30(39)35(23)28(38)29(3,40-30)32-26(36)18-12-20-19-7-5-8-21-25(19)17(14-31-21)13-22(20)33(4)15-18;1-5(2,3)4/h5,7-8,12,14,16,18,22-24,31,39H,6,9-11,13,15H2,1-4H3,(H,32,36);1H3,(H,2,3,4)/t18-,22-,23+,24+,29-,30+;/m1./s1. The lowest BCUT2D eigenvalue weighted by molar-refractivity contribution is -0.315. The summed E-state index contributed by atoms with van der Waals surface area (Å²) in [6.07, 6.45) is 7.32. The summed E-state index contributed by atoms with van der Waals surface area (Å²) in [6.45, 7) is 6.46. The topological polar surface area (TPSA) is 173 Å². The van der Waals surface area contributed by atoms with Crippen molar-refractivity contribution in [3.05, 3.63) is 41.6 Å². The number of nitrogens with zero attached hydrogens (tertiary/aromatic N) is 3. The zero-order valence-corrected chi connectivity index (χ0v) is 26.9. The maximum Gasteiger partial charge on any atom is 0.280 e. The van der Waals surface area contributed by atoms with Gasteiger partial charge in [0.2, 0.25) is 17.5 Å². The number of H-pyrrole nitrogens is 1. The number of aromatic nitrogens is 1. The molecule has 244 valence electrons. The molecule has 1 aromatic carbocycles. The first kappa shape index (κ1) is 31.7. The minimum Gasteiger partial charge on any atom is -0.361 e. The highest BCUT2D eigenvalue weighted by atomic mass is 32.2. The molecule has 0 saturated carbocycles. The molecule has 13 nitrogen and oxygen atoms in total. The van der Waals surface area contributed by atoms with E-state index < -0.39 is 45.7 Å². The molecule has 3 fully saturated rings. The summed E-state index contributed by atoms with van der Waals surface area (Å²) >= 11 is 0. The lowest BCUT2D eigenvalue weighted by atomic mass is 9.79. The Morgan fingerprint density at radius 1 is 1.27 bits per heavy atom. The van der Waals surface area contributed by atoms with E-state index in [1.54, 1.807) is 4.90 Å². The second kappa shape index (κ2) is 10.9. The zero-order chi connectivity index (χ0) is 32.6. The van der Waals surface area contributed by atoms with Crippen LogP contribution in [0.2, 0.25) is 0 Å². The molecule has 0 radical (unpaired) electrons. The highest BCUT2D eigenvalue weighted by Crippen LogP contribution is 2.46. The van der Waals surface area contributed by atoms with Gasteiger partial charge in [0.15, 0.2) is 0 Å². The lowest BCUT2D eigenvalue weighted by Gasteiger charge is -2.49. The molecule has 45 heavy (non-hydrogen) atoms. The normalized spacial score (nSPS) is 32.6. The quantitative estimate of drug-likeness (QED) is 0.358. The first-order chi connectivity index (χ1) is 21.0. The van der Waals surface area contributed by atoms with Gasteiger partial charge < -0.3 is 20.3 Å². The number of benzene rings is 1. The second-order valence-corrected chi connectivity index (χ2v) is 14.9.